The molecule has 0 saturated carbocycles. The number of nitrogens with zero attached hydrogens (tertiary/aromatic N) is 4. The maximum Gasteiger partial charge on any atom is 0.357 e. The van der Waals surface area contributed by atoms with Gasteiger partial charge in [0, 0.05) is 24.6 Å². The van der Waals surface area contributed by atoms with Crippen molar-refractivity contribution in [1.82, 2.24) is 9.38 Å². The van der Waals surface area contributed by atoms with E-state index >= 15 is 0 Å². The summed E-state index contributed by atoms with van der Waals surface area (Å²) in [5, 5.41) is 0. The van der Waals surface area contributed by atoms with E-state index in [1.807, 2.05) is 35.7 Å². The van der Waals surface area contributed by atoms with Crippen molar-refractivity contribution in [2.75, 3.05) is 13.2 Å². The average Bonchev–Trinajstić information content (AvgIpc) is 2.96. The number of hydrogen-bond acceptors (Lipinski definition) is 5. The first-order chi connectivity index (χ1) is 10.3. The molecule has 0 amide bonds. The zero-order chi connectivity index (χ0) is 15.1. The summed E-state index contributed by atoms with van der Waals surface area (Å²) in [5.74, 6) is -0.506. The molecule has 0 unspecified atom stereocenters. The highest BCUT2D eigenvalue weighted by Gasteiger charge is 2.10. The van der Waals surface area contributed by atoms with Gasteiger partial charge in [-0.3, -0.25) is 0 Å². The lowest BCUT2D eigenvalue weighted by Gasteiger charge is -2.03. The van der Waals surface area contributed by atoms with Crippen LogP contribution < -0.4 is 0 Å². The molecule has 0 radical (unpaired) electrons. The van der Waals surface area contributed by atoms with E-state index in [-0.39, 0.29) is 12.3 Å². The number of aromatic nitrogens is 2. The Hall–Kier alpha value is -2.72. The number of aliphatic imine (C=N–C) groups is 2. The Bertz CT molecular complexity index is 720. The van der Waals surface area contributed by atoms with Crippen molar-refractivity contribution in [2.45, 2.75) is 13.8 Å². The number of ether oxygens (including phenoxy) is 1. The average molecular weight is 284 g/mol. The van der Waals surface area contributed by atoms with Crippen LogP contribution in [0.3, 0.4) is 0 Å². The van der Waals surface area contributed by atoms with Crippen molar-refractivity contribution in [3.63, 3.8) is 0 Å². The van der Waals surface area contributed by atoms with Crippen LogP contribution in [0.5, 0.6) is 0 Å². The summed E-state index contributed by atoms with van der Waals surface area (Å²) >= 11 is 0. The minimum Gasteiger partial charge on any atom is -0.461 e. The lowest BCUT2D eigenvalue weighted by Crippen LogP contribution is -2.06. The van der Waals surface area contributed by atoms with Gasteiger partial charge in [0.2, 0.25) is 0 Å². The molecule has 0 aliphatic carbocycles. The molecule has 21 heavy (non-hydrogen) atoms. The van der Waals surface area contributed by atoms with Gasteiger partial charge in [0.1, 0.15) is 5.65 Å². The first kappa shape index (κ1) is 14.7. The van der Waals surface area contributed by atoms with Gasteiger partial charge in [0.15, 0.2) is 5.70 Å². The third kappa shape index (κ3) is 3.64. The van der Waals surface area contributed by atoms with E-state index in [1.54, 1.807) is 19.2 Å². The molecule has 0 bridgehead atoms. The number of fused-ring (bicyclic) bond motifs is 1. The maximum atomic E-state index is 11.9. The third-order valence-corrected chi connectivity index (χ3v) is 2.63. The number of carbonyl (C=O) groups excluding carboxylic acids is 1. The van der Waals surface area contributed by atoms with E-state index in [9.17, 15) is 4.79 Å². The molecule has 6 nitrogen and oxygen atoms in total. The van der Waals surface area contributed by atoms with Gasteiger partial charge in [0.25, 0.3) is 0 Å². The molecule has 0 aliphatic heterocycles. The van der Waals surface area contributed by atoms with Gasteiger partial charge >= 0.3 is 5.97 Å². The van der Waals surface area contributed by atoms with Crippen LogP contribution in [0.15, 0.2) is 46.3 Å². The van der Waals surface area contributed by atoms with Crippen LogP contribution >= 0.6 is 0 Å². The Labute approximate surface area is 122 Å². The van der Waals surface area contributed by atoms with Gasteiger partial charge in [-0.15, -0.1) is 0 Å². The van der Waals surface area contributed by atoms with Crippen molar-refractivity contribution in [2.24, 2.45) is 9.98 Å². The Morgan fingerprint density at radius 3 is 3.10 bits per heavy atom. The molecule has 2 aromatic rings. The SMILES string of the molecule is CCN=C=N/C(=C\c1cccc2nccn12)C(=O)OCC. The predicted molar refractivity (Wildman–Crippen MR) is 80.2 cm³/mol. The van der Waals surface area contributed by atoms with Crippen LogP contribution in [0.25, 0.3) is 11.7 Å². The molecule has 0 aromatic carbocycles. The number of imidazole rings is 1. The quantitative estimate of drug-likeness (QED) is 0.481. The molecule has 2 heterocycles. The summed E-state index contributed by atoms with van der Waals surface area (Å²) in [6.07, 6.45) is 5.14. The fraction of sp³-hybridized carbons (Fsp3) is 0.267. The fourth-order valence-electron chi connectivity index (χ4n) is 1.73. The second-order valence-corrected chi connectivity index (χ2v) is 4.04. The largest absolute Gasteiger partial charge is 0.461 e. The van der Waals surface area contributed by atoms with Crippen LogP contribution in [0.2, 0.25) is 0 Å². The zero-order valence-corrected chi connectivity index (χ0v) is 12.0. The Morgan fingerprint density at radius 2 is 2.33 bits per heavy atom. The Balaban J connectivity index is 2.46. The predicted octanol–water partition coefficient (Wildman–Crippen LogP) is 2.43. The van der Waals surface area contributed by atoms with E-state index in [0.29, 0.717) is 6.54 Å². The topological polar surface area (TPSA) is 68.3 Å². The highest BCUT2D eigenvalue weighted by atomic mass is 16.5. The second kappa shape index (κ2) is 7.17. The second-order valence-electron chi connectivity index (χ2n) is 4.04. The molecule has 2 aromatic heterocycles. The van der Waals surface area contributed by atoms with Crippen molar-refractivity contribution in [1.29, 1.82) is 0 Å². The number of rotatable bonds is 5. The molecule has 0 aliphatic rings. The molecular formula is C15H16N4O2. The van der Waals surface area contributed by atoms with Gasteiger partial charge in [0.05, 0.1) is 12.6 Å². The Kier molecular flexibility index (Phi) is 5.01. The van der Waals surface area contributed by atoms with Crippen molar-refractivity contribution >= 4 is 23.7 Å². The van der Waals surface area contributed by atoms with Gasteiger partial charge in [-0.1, -0.05) is 6.07 Å². The molecule has 6 heteroatoms. The van der Waals surface area contributed by atoms with Crippen LogP contribution in [0.1, 0.15) is 19.5 Å². The first-order valence-corrected chi connectivity index (χ1v) is 6.69. The smallest absolute Gasteiger partial charge is 0.357 e. The highest BCUT2D eigenvalue weighted by molar-refractivity contribution is 5.94. The summed E-state index contributed by atoms with van der Waals surface area (Å²) in [7, 11) is 0. The molecular weight excluding hydrogens is 268 g/mol. The number of carbonyl (C=O) groups is 1. The van der Waals surface area contributed by atoms with Gasteiger partial charge in [-0.2, -0.15) is 4.99 Å². The van der Waals surface area contributed by atoms with E-state index in [2.05, 4.69) is 21.0 Å². The summed E-state index contributed by atoms with van der Waals surface area (Å²) in [6, 6.07) is 8.09. The lowest BCUT2D eigenvalue weighted by molar-refractivity contribution is -0.138. The molecule has 0 spiro atoms. The maximum absolute atomic E-state index is 11.9. The van der Waals surface area contributed by atoms with Crippen molar-refractivity contribution in [3.8, 4) is 0 Å². The third-order valence-electron chi connectivity index (χ3n) is 2.63. The van der Waals surface area contributed by atoms with E-state index < -0.39 is 5.97 Å². The fourth-order valence-corrected chi connectivity index (χ4v) is 1.73. The lowest BCUT2D eigenvalue weighted by atomic mass is 10.3. The molecule has 0 N–H and O–H groups in total. The zero-order valence-electron chi connectivity index (χ0n) is 12.0. The summed E-state index contributed by atoms with van der Waals surface area (Å²) in [5.41, 5.74) is 1.71. The Morgan fingerprint density at radius 1 is 1.48 bits per heavy atom. The van der Waals surface area contributed by atoms with E-state index in [1.165, 1.54) is 0 Å². The number of hydrogen-bond donors (Lipinski definition) is 0. The molecule has 0 fully saturated rings. The highest BCUT2D eigenvalue weighted by Crippen LogP contribution is 2.12. The monoisotopic (exact) mass is 284 g/mol. The summed E-state index contributed by atoms with van der Waals surface area (Å²) in [4.78, 5) is 23.9. The number of pyridine rings is 1. The van der Waals surface area contributed by atoms with Gasteiger partial charge in [-0.05, 0) is 32.1 Å². The van der Waals surface area contributed by atoms with Gasteiger partial charge < -0.3 is 9.14 Å². The standard InChI is InChI=1S/C15H16N4O2/c1-3-16-11-18-13(15(20)21-4-2)10-12-6-5-7-14-17-8-9-19(12)14/h5-10H,3-4H2,1-2H3/b13-10-. The first-order valence-electron chi connectivity index (χ1n) is 6.69. The normalized spacial score (nSPS) is 11.0. The van der Waals surface area contributed by atoms with Crippen LogP contribution in [-0.2, 0) is 9.53 Å². The molecule has 108 valence electrons. The minimum absolute atomic E-state index is 0.148. The van der Waals surface area contributed by atoms with Gasteiger partial charge in [-0.25, -0.2) is 14.8 Å². The van der Waals surface area contributed by atoms with E-state index in [4.69, 9.17) is 4.74 Å². The summed E-state index contributed by atoms with van der Waals surface area (Å²) < 4.78 is 6.85. The molecule has 0 saturated heterocycles. The molecule has 2 rings (SSSR count). The number of esters is 1. The van der Waals surface area contributed by atoms with Crippen LogP contribution in [0, 0.1) is 0 Å². The van der Waals surface area contributed by atoms with Crippen LogP contribution in [0.4, 0.5) is 0 Å². The molecule has 0 atom stereocenters. The van der Waals surface area contributed by atoms with Crippen molar-refractivity contribution < 1.29 is 9.53 Å². The van der Waals surface area contributed by atoms with E-state index in [0.717, 1.165) is 11.3 Å². The summed E-state index contributed by atoms with van der Waals surface area (Å²) in [6.45, 7) is 4.45. The van der Waals surface area contributed by atoms with Crippen molar-refractivity contribution in [3.05, 3.63) is 42.0 Å². The van der Waals surface area contributed by atoms with Crippen LogP contribution in [-0.4, -0.2) is 34.5 Å². The minimum atomic E-state index is -0.506.